The minimum atomic E-state index is -0.138. The lowest BCUT2D eigenvalue weighted by Crippen LogP contribution is -2.24. The molecule has 0 unspecified atom stereocenters. The molecule has 2 heterocycles. The molecule has 0 aliphatic carbocycles. The molecule has 26 heavy (non-hydrogen) atoms. The standard InChI is InChI=1S/C21H19N3OS/c1-13-4-8-16(9-5-13)12-24-21(25)19-20(26-15(3)22-19)18(23-24)17-10-6-14(2)7-11-17/h4-11H,12H2,1-3H3. The number of thiazole rings is 1. The van der Waals surface area contributed by atoms with Crippen molar-refractivity contribution in [1.82, 2.24) is 14.8 Å². The van der Waals surface area contributed by atoms with E-state index in [0.29, 0.717) is 12.1 Å². The maximum atomic E-state index is 12.9. The van der Waals surface area contributed by atoms with E-state index < -0.39 is 0 Å². The Morgan fingerprint density at radius 3 is 2.19 bits per heavy atom. The molecule has 130 valence electrons. The van der Waals surface area contributed by atoms with Crippen LogP contribution in [-0.2, 0) is 6.54 Å². The van der Waals surface area contributed by atoms with Crippen LogP contribution in [0.5, 0.6) is 0 Å². The number of aryl methyl sites for hydroxylation is 3. The SMILES string of the molecule is Cc1ccc(Cn2nc(-c3ccc(C)cc3)c3sc(C)nc3c2=O)cc1. The summed E-state index contributed by atoms with van der Waals surface area (Å²) in [6.45, 7) is 6.47. The fourth-order valence-electron chi connectivity index (χ4n) is 2.94. The second-order valence-electron chi connectivity index (χ2n) is 6.57. The first kappa shape index (κ1) is 16.7. The fourth-order valence-corrected chi connectivity index (χ4v) is 3.86. The van der Waals surface area contributed by atoms with Gasteiger partial charge in [0.1, 0.15) is 5.69 Å². The third kappa shape index (κ3) is 3.06. The lowest BCUT2D eigenvalue weighted by Gasteiger charge is -2.09. The molecule has 0 spiro atoms. The van der Waals surface area contributed by atoms with Gasteiger partial charge in [-0.15, -0.1) is 11.3 Å². The summed E-state index contributed by atoms with van der Waals surface area (Å²) in [4.78, 5) is 17.4. The van der Waals surface area contributed by atoms with Crippen LogP contribution in [-0.4, -0.2) is 14.8 Å². The summed E-state index contributed by atoms with van der Waals surface area (Å²) in [5.41, 5.74) is 5.62. The molecular formula is C21H19N3OS. The van der Waals surface area contributed by atoms with Crippen molar-refractivity contribution in [2.24, 2.45) is 0 Å². The second kappa shape index (κ2) is 6.50. The molecule has 4 aromatic rings. The van der Waals surface area contributed by atoms with Gasteiger partial charge in [-0.2, -0.15) is 5.10 Å². The Morgan fingerprint density at radius 2 is 1.54 bits per heavy atom. The zero-order valence-electron chi connectivity index (χ0n) is 15.0. The topological polar surface area (TPSA) is 47.8 Å². The second-order valence-corrected chi connectivity index (χ2v) is 7.78. The van der Waals surface area contributed by atoms with Crippen LogP contribution < -0.4 is 5.56 Å². The van der Waals surface area contributed by atoms with Crippen LogP contribution in [0.3, 0.4) is 0 Å². The van der Waals surface area contributed by atoms with Crippen LogP contribution in [0.2, 0.25) is 0 Å². The van der Waals surface area contributed by atoms with Gasteiger partial charge in [-0.3, -0.25) is 4.79 Å². The fraction of sp³-hybridized carbons (Fsp3) is 0.190. The van der Waals surface area contributed by atoms with Crippen molar-refractivity contribution in [3.8, 4) is 11.3 Å². The summed E-state index contributed by atoms with van der Waals surface area (Å²) in [7, 11) is 0. The number of rotatable bonds is 3. The summed E-state index contributed by atoms with van der Waals surface area (Å²) in [6.07, 6.45) is 0. The van der Waals surface area contributed by atoms with Gasteiger partial charge in [-0.1, -0.05) is 59.7 Å². The average Bonchev–Trinajstić information content (AvgIpc) is 3.02. The molecule has 0 N–H and O–H groups in total. The molecule has 0 saturated heterocycles. The molecule has 0 saturated carbocycles. The molecule has 0 aliphatic rings. The smallest absolute Gasteiger partial charge is 0.265 e. The Morgan fingerprint density at radius 1 is 0.923 bits per heavy atom. The number of hydrogen-bond donors (Lipinski definition) is 0. The van der Waals surface area contributed by atoms with Gasteiger partial charge in [0.05, 0.1) is 16.3 Å². The molecule has 2 aromatic carbocycles. The predicted octanol–water partition coefficient (Wildman–Crippen LogP) is 4.49. The van der Waals surface area contributed by atoms with Crippen molar-refractivity contribution in [3.05, 3.63) is 80.6 Å². The van der Waals surface area contributed by atoms with Gasteiger partial charge in [0.2, 0.25) is 0 Å². The predicted molar refractivity (Wildman–Crippen MR) is 107 cm³/mol. The van der Waals surface area contributed by atoms with Gasteiger partial charge in [0.15, 0.2) is 5.52 Å². The first-order chi connectivity index (χ1) is 12.5. The third-order valence-electron chi connectivity index (χ3n) is 4.38. The minimum absolute atomic E-state index is 0.138. The lowest BCUT2D eigenvalue weighted by molar-refractivity contribution is 0.650. The lowest BCUT2D eigenvalue weighted by atomic mass is 10.1. The van der Waals surface area contributed by atoms with E-state index in [4.69, 9.17) is 5.10 Å². The summed E-state index contributed by atoms with van der Waals surface area (Å²) in [6, 6.07) is 16.4. The Balaban J connectivity index is 1.90. The number of hydrogen-bond acceptors (Lipinski definition) is 4. The molecular weight excluding hydrogens is 342 g/mol. The van der Waals surface area contributed by atoms with Crippen molar-refractivity contribution in [1.29, 1.82) is 0 Å². The Labute approximate surface area is 155 Å². The largest absolute Gasteiger partial charge is 0.294 e. The van der Waals surface area contributed by atoms with E-state index >= 15 is 0 Å². The van der Waals surface area contributed by atoms with Crippen molar-refractivity contribution < 1.29 is 0 Å². The summed E-state index contributed by atoms with van der Waals surface area (Å²) >= 11 is 1.52. The molecule has 0 amide bonds. The van der Waals surface area contributed by atoms with E-state index in [2.05, 4.69) is 24.0 Å². The van der Waals surface area contributed by atoms with Gasteiger partial charge < -0.3 is 0 Å². The van der Waals surface area contributed by atoms with Gasteiger partial charge in [0, 0.05) is 5.56 Å². The zero-order valence-corrected chi connectivity index (χ0v) is 15.8. The van der Waals surface area contributed by atoms with Crippen LogP contribution in [0.4, 0.5) is 0 Å². The summed E-state index contributed by atoms with van der Waals surface area (Å²) in [5.74, 6) is 0. The molecule has 2 aromatic heterocycles. The highest BCUT2D eigenvalue weighted by Gasteiger charge is 2.16. The van der Waals surface area contributed by atoms with Gasteiger partial charge in [0.25, 0.3) is 5.56 Å². The molecule has 4 nitrogen and oxygen atoms in total. The maximum absolute atomic E-state index is 12.9. The molecule has 0 atom stereocenters. The molecule has 0 radical (unpaired) electrons. The van der Waals surface area contributed by atoms with Crippen LogP contribution in [0, 0.1) is 20.8 Å². The summed E-state index contributed by atoms with van der Waals surface area (Å²) in [5, 5.41) is 5.58. The molecule has 0 bridgehead atoms. The third-order valence-corrected chi connectivity index (χ3v) is 5.36. The maximum Gasteiger partial charge on any atom is 0.294 e. The monoisotopic (exact) mass is 361 g/mol. The number of aromatic nitrogens is 3. The van der Waals surface area contributed by atoms with Crippen LogP contribution in [0.15, 0.2) is 53.3 Å². The highest BCUT2D eigenvalue weighted by molar-refractivity contribution is 7.19. The van der Waals surface area contributed by atoms with Crippen LogP contribution >= 0.6 is 11.3 Å². The molecule has 4 rings (SSSR count). The van der Waals surface area contributed by atoms with E-state index in [1.54, 1.807) is 0 Å². The zero-order chi connectivity index (χ0) is 18.3. The van der Waals surface area contributed by atoms with Crippen LogP contribution in [0.25, 0.3) is 21.5 Å². The van der Waals surface area contributed by atoms with Gasteiger partial charge in [-0.05, 0) is 26.3 Å². The van der Waals surface area contributed by atoms with E-state index in [0.717, 1.165) is 26.5 Å². The van der Waals surface area contributed by atoms with Crippen LogP contribution in [0.1, 0.15) is 21.7 Å². The highest BCUT2D eigenvalue weighted by Crippen LogP contribution is 2.29. The van der Waals surface area contributed by atoms with E-state index in [1.807, 2.05) is 50.2 Å². The van der Waals surface area contributed by atoms with Crippen molar-refractivity contribution >= 4 is 21.6 Å². The Hall–Kier alpha value is -2.79. The molecule has 0 aliphatic heterocycles. The number of benzene rings is 2. The first-order valence-electron chi connectivity index (χ1n) is 8.52. The van der Waals surface area contributed by atoms with Crippen molar-refractivity contribution in [2.75, 3.05) is 0 Å². The Kier molecular flexibility index (Phi) is 4.17. The number of fused-ring (bicyclic) bond motifs is 1. The highest BCUT2D eigenvalue weighted by atomic mass is 32.1. The Bertz CT molecular complexity index is 1140. The van der Waals surface area contributed by atoms with E-state index in [9.17, 15) is 4.79 Å². The van der Waals surface area contributed by atoms with Gasteiger partial charge >= 0.3 is 0 Å². The first-order valence-corrected chi connectivity index (χ1v) is 9.34. The molecule has 0 fully saturated rings. The van der Waals surface area contributed by atoms with E-state index in [1.165, 1.54) is 27.1 Å². The molecule has 5 heteroatoms. The summed E-state index contributed by atoms with van der Waals surface area (Å²) < 4.78 is 2.39. The average molecular weight is 361 g/mol. The van der Waals surface area contributed by atoms with Crippen molar-refractivity contribution in [3.63, 3.8) is 0 Å². The van der Waals surface area contributed by atoms with Gasteiger partial charge in [-0.25, -0.2) is 9.67 Å². The minimum Gasteiger partial charge on any atom is -0.265 e. The number of nitrogens with zero attached hydrogens (tertiary/aromatic N) is 3. The van der Waals surface area contributed by atoms with Crippen molar-refractivity contribution in [2.45, 2.75) is 27.3 Å². The normalized spacial score (nSPS) is 11.2. The van der Waals surface area contributed by atoms with E-state index in [-0.39, 0.29) is 5.56 Å². The quantitative estimate of drug-likeness (QED) is 0.540.